The number of hydrogen-bond acceptors (Lipinski definition) is 6. The van der Waals surface area contributed by atoms with Crippen LogP contribution in [0.1, 0.15) is 36.3 Å². The molecule has 8 nitrogen and oxygen atoms in total. The molecule has 6 rings (SSSR count). The van der Waals surface area contributed by atoms with Gasteiger partial charge in [0.15, 0.2) is 0 Å². The summed E-state index contributed by atoms with van der Waals surface area (Å²) in [6.45, 7) is 7.22. The molecule has 4 aliphatic rings. The fourth-order valence-corrected chi connectivity index (χ4v) is 7.37. The summed E-state index contributed by atoms with van der Waals surface area (Å²) < 4.78 is 10.8. The van der Waals surface area contributed by atoms with Crippen LogP contribution in [0.5, 0.6) is 5.75 Å². The summed E-state index contributed by atoms with van der Waals surface area (Å²) in [7, 11) is 1.67. The largest absolute Gasteiger partial charge is 0.497 e. The number of rotatable bonds is 7. The third kappa shape index (κ3) is 6.12. The van der Waals surface area contributed by atoms with E-state index in [1.807, 2.05) is 34.1 Å². The Morgan fingerprint density at radius 2 is 1.66 bits per heavy atom. The molecule has 3 atom stereocenters. The lowest BCUT2D eigenvalue weighted by atomic mass is 9.75. The van der Waals surface area contributed by atoms with E-state index in [9.17, 15) is 9.59 Å². The Labute approximate surface area is 249 Å². The Morgan fingerprint density at radius 3 is 2.34 bits per heavy atom. The van der Waals surface area contributed by atoms with Gasteiger partial charge in [-0.2, -0.15) is 0 Å². The first kappa shape index (κ1) is 29.8. The fourth-order valence-electron chi connectivity index (χ4n) is 7.37. The number of nitrogens with one attached hydrogen (secondary N) is 1. The van der Waals surface area contributed by atoms with Crippen LogP contribution in [-0.2, 0) is 20.9 Å². The second-order valence-electron chi connectivity index (χ2n) is 11.9. The molecule has 2 aromatic carbocycles. The van der Waals surface area contributed by atoms with Crippen LogP contribution >= 0.6 is 12.4 Å². The van der Waals surface area contributed by atoms with E-state index in [2.05, 4.69) is 40.5 Å². The number of methoxy groups -OCH3 is 1. The van der Waals surface area contributed by atoms with Crippen LogP contribution in [0.4, 0.5) is 0 Å². The van der Waals surface area contributed by atoms with Gasteiger partial charge in [-0.05, 0) is 55.6 Å². The first-order valence-electron chi connectivity index (χ1n) is 14.9. The highest BCUT2D eigenvalue weighted by atomic mass is 35.5. The summed E-state index contributed by atoms with van der Waals surface area (Å²) in [5.74, 6) is 1.82. The molecule has 0 saturated carbocycles. The molecule has 1 N–H and O–H groups in total. The summed E-state index contributed by atoms with van der Waals surface area (Å²) in [5.41, 5.74) is 2.12. The van der Waals surface area contributed by atoms with Crippen molar-refractivity contribution in [3.8, 4) is 5.75 Å². The van der Waals surface area contributed by atoms with Crippen LogP contribution in [0.15, 0.2) is 54.6 Å². The second-order valence-corrected chi connectivity index (χ2v) is 11.9. The molecule has 41 heavy (non-hydrogen) atoms. The van der Waals surface area contributed by atoms with Crippen molar-refractivity contribution in [2.45, 2.75) is 37.8 Å². The molecular formula is C32H43ClN4O4. The van der Waals surface area contributed by atoms with E-state index in [-0.39, 0.29) is 41.6 Å². The average molecular weight is 583 g/mol. The van der Waals surface area contributed by atoms with Crippen LogP contribution in [0, 0.1) is 11.3 Å². The average Bonchev–Trinajstić information content (AvgIpc) is 3.61. The molecule has 2 aromatic rings. The molecule has 0 aliphatic carbocycles. The number of carbonyl (C=O) groups is 2. The first-order valence-corrected chi connectivity index (χ1v) is 14.9. The molecule has 4 saturated heterocycles. The van der Waals surface area contributed by atoms with Crippen LogP contribution in [-0.4, -0.2) is 98.7 Å². The fraction of sp³-hybridized carbons (Fsp3) is 0.562. The van der Waals surface area contributed by atoms with Gasteiger partial charge < -0.3 is 24.6 Å². The summed E-state index contributed by atoms with van der Waals surface area (Å²) >= 11 is 0. The summed E-state index contributed by atoms with van der Waals surface area (Å²) in [6.07, 6.45) is 2.53. The molecular weight excluding hydrogens is 540 g/mol. The van der Waals surface area contributed by atoms with Crippen molar-refractivity contribution in [2.75, 3.05) is 66.1 Å². The zero-order chi connectivity index (χ0) is 27.5. The third-order valence-corrected chi connectivity index (χ3v) is 9.75. The standard InChI is InChI=1S/C32H42N4O4.ClH/c1-39-26-9-7-24(8-10-26)23-36-16-13-32(31(36)38)11-14-34(15-12-32)29(30(37)35-17-19-40-20-18-35)28-22-33-21-27(28)25-5-3-2-4-6-25;/h2-10,27-29,33H,11-23H2,1H3;1H/t27-,28-,29?;/m1./s1. The summed E-state index contributed by atoms with van der Waals surface area (Å²) in [4.78, 5) is 34.4. The van der Waals surface area contributed by atoms with Crippen molar-refractivity contribution in [3.05, 3.63) is 65.7 Å². The van der Waals surface area contributed by atoms with Crippen molar-refractivity contribution < 1.29 is 19.1 Å². The smallest absolute Gasteiger partial charge is 0.240 e. The number of morpholine rings is 1. The normalized spacial score (nSPS) is 25.2. The van der Waals surface area contributed by atoms with Crippen LogP contribution in [0.25, 0.3) is 0 Å². The highest BCUT2D eigenvalue weighted by Crippen LogP contribution is 2.44. The second kappa shape index (κ2) is 13.1. The van der Waals surface area contributed by atoms with Gasteiger partial charge in [0.05, 0.1) is 31.8 Å². The zero-order valence-corrected chi connectivity index (χ0v) is 24.8. The summed E-state index contributed by atoms with van der Waals surface area (Å²) in [5, 5.41) is 3.60. The molecule has 4 heterocycles. The minimum Gasteiger partial charge on any atom is -0.497 e. The molecule has 0 radical (unpaired) electrons. The number of carbonyl (C=O) groups excluding carboxylic acids is 2. The highest BCUT2D eigenvalue weighted by molar-refractivity contribution is 5.86. The first-order chi connectivity index (χ1) is 19.6. The van der Waals surface area contributed by atoms with Gasteiger partial charge in [-0.15, -0.1) is 12.4 Å². The molecule has 9 heteroatoms. The molecule has 1 spiro atoms. The third-order valence-electron chi connectivity index (χ3n) is 9.75. The van der Waals surface area contributed by atoms with E-state index in [0.717, 1.165) is 63.3 Å². The number of amides is 2. The van der Waals surface area contributed by atoms with E-state index in [0.29, 0.717) is 38.8 Å². The van der Waals surface area contributed by atoms with Gasteiger partial charge in [0, 0.05) is 51.1 Å². The Hall–Kier alpha value is -2.65. The van der Waals surface area contributed by atoms with Crippen molar-refractivity contribution >= 4 is 24.2 Å². The molecule has 4 fully saturated rings. The maximum atomic E-state index is 14.2. The molecule has 0 aromatic heterocycles. The van der Waals surface area contributed by atoms with Gasteiger partial charge in [-0.1, -0.05) is 42.5 Å². The maximum Gasteiger partial charge on any atom is 0.240 e. The number of likely N-dealkylation sites (tertiary alicyclic amines) is 2. The van der Waals surface area contributed by atoms with E-state index < -0.39 is 0 Å². The van der Waals surface area contributed by atoms with Gasteiger partial charge in [0.1, 0.15) is 5.75 Å². The van der Waals surface area contributed by atoms with Crippen LogP contribution in [0.2, 0.25) is 0 Å². The lowest BCUT2D eigenvalue weighted by molar-refractivity contribution is -0.146. The van der Waals surface area contributed by atoms with Gasteiger partial charge in [0.2, 0.25) is 11.8 Å². The SMILES string of the molecule is COc1ccc(CN2CCC3(CCN(C(C(=O)N4CCOCC4)[C@@H]4CNC[C@@H]4c4ccccc4)CC3)C2=O)cc1.Cl. The topological polar surface area (TPSA) is 74.3 Å². The highest BCUT2D eigenvalue weighted by Gasteiger charge is 2.51. The van der Waals surface area contributed by atoms with Gasteiger partial charge in [0.25, 0.3) is 0 Å². The van der Waals surface area contributed by atoms with E-state index in [4.69, 9.17) is 9.47 Å². The number of benzene rings is 2. The molecule has 2 amide bonds. The molecule has 1 unspecified atom stereocenters. The summed E-state index contributed by atoms with van der Waals surface area (Å²) in [6, 6.07) is 18.4. The van der Waals surface area contributed by atoms with Crippen molar-refractivity contribution in [2.24, 2.45) is 11.3 Å². The van der Waals surface area contributed by atoms with Crippen molar-refractivity contribution in [1.29, 1.82) is 0 Å². The van der Waals surface area contributed by atoms with Crippen molar-refractivity contribution in [1.82, 2.24) is 20.0 Å². The van der Waals surface area contributed by atoms with Crippen molar-refractivity contribution in [3.63, 3.8) is 0 Å². The quantitative estimate of drug-likeness (QED) is 0.541. The number of piperidine rings is 1. The van der Waals surface area contributed by atoms with Crippen LogP contribution in [0.3, 0.4) is 0 Å². The predicted molar refractivity (Wildman–Crippen MR) is 160 cm³/mol. The van der Waals surface area contributed by atoms with Gasteiger partial charge >= 0.3 is 0 Å². The molecule has 4 aliphatic heterocycles. The Morgan fingerprint density at radius 1 is 0.976 bits per heavy atom. The number of nitrogens with zero attached hydrogens (tertiary/aromatic N) is 3. The lowest BCUT2D eigenvalue weighted by Gasteiger charge is -2.45. The van der Waals surface area contributed by atoms with E-state index in [1.165, 1.54) is 5.56 Å². The zero-order valence-electron chi connectivity index (χ0n) is 24.0. The van der Waals surface area contributed by atoms with E-state index in [1.54, 1.807) is 7.11 Å². The van der Waals surface area contributed by atoms with Crippen LogP contribution < -0.4 is 10.1 Å². The number of hydrogen-bond donors (Lipinski definition) is 1. The monoisotopic (exact) mass is 582 g/mol. The minimum absolute atomic E-state index is 0. The predicted octanol–water partition coefficient (Wildman–Crippen LogP) is 3.16. The number of ether oxygens (including phenoxy) is 2. The number of halogens is 1. The lowest BCUT2D eigenvalue weighted by Crippen LogP contribution is -2.58. The Kier molecular flexibility index (Phi) is 9.54. The van der Waals surface area contributed by atoms with E-state index >= 15 is 0 Å². The van der Waals surface area contributed by atoms with Gasteiger partial charge in [-0.25, -0.2) is 0 Å². The Bertz CT molecular complexity index is 1170. The van der Waals surface area contributed by atoms with Gasteiger partial charge in [-0.3, -0.25) is 14.5 Å². The molecule has 0 bridgehead atoms. The molecule has 222 valence electrons. The Balaban J connectivity index is 0.00000337. The minimum atomic E-state index is -0.303. The maximum absolute atomic E-state index is 14.2.